The van der Waals surface area contributed by atoms with E-state index < -0.39 is 6.04 Å². The molecule has 0 radical (unpaired) electrons. The number of ether oxygens (including phenoxy) is 3. The molecule has 1 aliphatic heterocycles. The topological polar surface area (TPSA) is 60.0 Å². The first-order valence-electron chi connectivity index (χ1n) is 9.24. The summed E-state index contributed by atoms with van der Waals surface area (Å²) < 4.78 is 16.2. The summed E-state index contributed by atoms with van der Waals surface area (Å²) >= 11 is 5.61. The highest BCUT2D eigenvalue weighted by atomic mass is 32.1. The summed E-state index contributed by atoms with van der Waals surface area (Å²) in [7, 11) is 1.64. The van der Waals surface area contributed by atoms with Crippen LogP contribution in [0.4, 0.5) is 0 Å². The van der Waals surface area contributed by atoms with Gasteiger partial charge in [-0.2, -0.15) is 0 Å². The largest absolute Gasteiger partial charge is 0.490 e. The third-order valence-corrected chi connectivity index (χ3v) is 4.74. The van der Waals surface area contributed by atoms with Crippen LogP contribution in [-0.2, 0) is 14.3 Å². The van der Waals surface area contributed by atoms with Crippen molar-refractivity contribution in [2.45, 2.75) is 32.9 Å². The Morgan fingerprint density at radius 2 is 2.21 bits per heavy atom. The number of carbonyl (C=O) groups is 1. The van der Waals surface area contributed by atoms with Crippen molar-refractivity contribution < 1.29 is 19.0 Å². The van der Waals surface area contributed by atoms with Crippen molar-refractivity contribution in [3.05, 3.63) is 53.8 Å². The van der Waals surface area contributed by atoms with Crippen LogP contribution in [0.2, 0.25) is 0 Å². The van der Waals surface area contributed by atoms with E-state index in [1.807, 2.05) is 43.0 Å². The quantitative estimate of drug-likeness (QED) is 0.385. The maximum atomic E-state index is 12.8. The molecule has 1 aromatic carbocycles. The van der Waals surface area contributed by atoms with Crippen LogP contribution in [-0.4, -0.2) is 49.0 Å². The maximum absolute atomic E-state index is 12.8. The van der Waals surface area contributed by atoms with Gasteiger partial charge >= 0.3 is 5.97 Å². The summed E-state index contributed by atoms with van der Waals surface area (Å²) in [5, 5.41) is 3.83. The third kappa shape index (κ3) is 4.91. The summed E-state index contributed by atoms with van der Waals surface area (Å²) in [6, 6.07) is 7.12. The number of benzene rings is 1. The molecule has 0 aliphatic carbocycles. The SMILES string of the molecule is C=CCOc1cccc([C@H]2NC(=S)N([C@@H](C)COC)C(C)=C2C(=O)OCC)c1. The predicted octanol–water partition coefficient (Wildman–Crippen LogP) is 3.35. The summed E-state index contributed by atoms with van der Waals surface area (Å²) in [5.74, 6) is 0.327. The smallest absolute Gasteiger partial charge is 0.338 e. The number of methoxy groups -OCH3 is 1. The molecule has 1 N–H and O–H groups in total. The lowest BCUT2D eigenvalue weighted by atomic mass is 9.94. The van der Waals surface area contributed by atoms with Gasteiger partial charge in [-0.1, -0.05) is 24.8 Å². The van der Waals surface area contributed by atoms with Crippen molar-refractivity contribution in [3.63, 3.8) is 0 Å². The Balaban J connectivity index is 2.49. The Morgan fingerprint density at radius 1 is 1.46 bits per heavy atom. The molecular weight excluding hydrogens is 376 g/mol. The van der Waals surface area contributed by atoms with E-state index in [0.29, 0.717) is 36.3 Å². The fourth-order valence-electron chi connectivity index (χ4n) is 3.27. The highest BCUT2D eigenvalue weighted by Gasteiger charge is 2.36. The van der Waals surface area contributed by atoms with E-state index in [0.717, 1.165) is 11.3 Å². The maximum Gasteiger partial charge on any atom is 0.338 e. The Kier molecular flexibility index (Phi) is 8.02. The van der Waals surface area contributed by atoms with Crippen molar-refractivity contribution in [1.82, 2.24) is 10.2 Å². The molecule has 0 spiro atoms. The number of hydrogen-bond donors (Lipinski definition) is 1. The van der Waals surface area contributed by atoms with Gasteiger partial charge in [0.05, 0.1) is 30.9 Å². The number of hydrogen-bond acceptors (Lipinski definition) is 5. The molecule has 152 valence electrons. The van der Waals surface area contributed by atoms with Gasteiger partial charge in [-0.25, -0.2) is 4.79 Å². The van der Waals surface area contributed by atoms with Gasteiger partial charge < -0.3 is 24.4 Å². The van der Waals surface area contributed by atoms with Crippen molar-refractivity contribution in [2.75, 3.05) is 26.9 Å². The van der Waals surface area contributed by atoms with Crippen LogP contribution in [0, 0.1) is 0 Å². The zero-order valence-corrected chi connectivity index (χ0v) is 17.7. The van der Waals surface area contributed by atoms with Gasteiger partial charge in [0.15, 0.2) is 5.11 Å². The molecule has 2 atom stereocenters. The first-order chi connectivity index (χ1) is 13.4. The zero-order chi connectivity index (χ0) is 20.7. The number of nitrogens with one attached hydrogen (secondary N) is 1. The number of esters is 1. The summed E-state index contributed by atoms with van der Waals surface area (Å²) in [4.78, 5) is 14.7. The van der Waals surface area contributed by atoms with E-state index >= 15 is 0 Å². The Labute approximate surface area is 172 Å². The van der Waals surface area contributed by atoms with Crippen LogP contribution in [0.3, 0.4) is 0 Å². The number of nitrogens with zero attached hydrogens (tertiary/aromatic N) is 1. The van der Waals surface area contributed by atoms with Gasteiger partial charge in [0.2, 0.25) is 0 Å². The molecule has 7 heteroatoms. The van der Waals surface area contributed by atoms with Crippen molar-refractivity contribution in [2.24, 2.45) is 0 Å². The standard InChI is InChI=1S/C21H28N2O4S/c1-6-11-27-17-10-8-9-16(12-17)19-18(20(24)26-7-2)15(4)23(21(28)22-19)14(3)13-25-5/h6,8-10,12,14,19H,1,7,11,13H2,2-5H3,(H,22,28)/t14-,19+/m0/s1. The van der Waals surface area contributed by atoms with E-state index in [1.165, 1.54) is 0 Å². The molecule has 1 heterocycles. The van der Waals surface area contributed by atoms with Gasteiger partial charge in [0.25, 0.3) is 0 Å². The lowest BCUT2D eigenvalue weighted by Crippen LogP contribution is -2.52. The lowest BCUT2D eigenvalue weighted by Gasteiger charge is -2.40. The average molecular weight is 405 g/mol. The minimum absolute atomic E-state index is 0.0300. The number of carbonyl (C=O) groups excluding carboxylic acids is 1. The van der Waals surface area contributed by atoms with E-state index in [2.05, 4.69) is 11.9 Å². The Hall–Kier alpha value is -2.38. The highest BCUT2D eigenvalue weighted by molar-refractivity contribution is 7.80. The zero-order valence-electron chi connectivity index (χ0n) is 16.9. The molecule has 0 bridgehead atoms. The predicted molar refractivity (Wildman–Crippen MR) is 113 cm³/mol. The average Bonchev–Trinajstić information content (AvgIpc) is 2.66. The Bertz CT molecular complexity index is 763. The lowest BCUT2D eigenvalue weighted by molar-refractivity contribution is -0.139. The van der Waals surface area contributed by atoms with Crippen molar-refractivity contribution >= 4 is 23.3 Å². The molecular formula is C21H28N2O4S. The van der Waals surface area contributed by atoms with Gasteiger partial charge in [-0.15, -0.1) is 0 Å². The molecule has 28 heavy (non-hydrogen) atoms. The van der Waals surface area contributed by atoms with Gasteiger partial charge in [-0.05, 0) is 50.7 Å². The molecule has 0 amide bonds. The monoisotopic (exact) mass is 404 g/mol. The Morgan fingerprint density at radius 3 is 2.86 bits per heavy atom. The molecule has 0 aromatic heterocycles. The second kappa shape index (κ2) is 10.2. The first kappa shape index (κ1) is 21.9. The fourth-order valence-corrected chi connectivity index (χ4v) is 3.70. The molecule has 1 aliphatic rings. The van der Waals surface area contributed by atoms with Crippen molar-refractivity contribution in [3.8, 4) is 5.75 Å². The van der Waals surface area contributed by atoms with Gasteiger partial charge in [-0.3, -0.25) is 0 Å². The number of allylic oxidation sites excluding steroid dienone is 1. The number of rotatable bonds is 9. The number of thiocarbonyl (C=S) groups is 1. The molecule has 6 nitrogen and oxygen atoms in total. The second-order valence-corrected chi connectivity index (χ2v) is 6.84. The molecule has 0 saturated heterocycles. The van der Waals surface area contributed by atoms with E-state index in [9.17, 15) is 4.79 Å². The summed E-state index contributed by atoms with van der Waals surface area (Å²) in [6.45, 7) is 10.5. The molecule has 2 rings (SSSR count). The molecule has 1 aromatic rings. The second-order valence-electron chi connectivity index (χ2n) is 6.45. The minimum Gasteiger partial charge on any atom is -0.490 e. The summed E-state index contributed by atoms with van der Waals surface area (Å²) in [6.07, 6.45) is 1.68. The van der Waals surface area contributed by atoms with E-state index in [1.54, 1.807) is 20.1 Å². The first-order valence-corrected chi connectivity index (χ1v) is 9.65. The van der Waals surface area contributed by atoms with Crippen LogP contribution in [0.15, 0.2) is 48.2 Å². The third-order valence-electron chi connectivity index (χ3n) is 4.43. The summed E-state index contributed by atoms with van der Waals surface area (Å²) in [5.41, 5.74) is 2.15. The van der Waals surface area contributed by atoms with Gasteiger partial charge in [0, 0.05) is 12.8 Å². The van der Waals surface area contributed by atoms with Crippen LogP contribution in [0.25, 0.3) is 0 Å². The molecule has 0 unspecified atom stereocenters. The van der Waals surface area contributed by atoms with Crippen LogP contribution in [0.5, 0.6) is 5.75 Å². The normalized spacial score (nSPS) is 17.8. The highest BCUT2D eigenvalue weighted by Crippen LogP contribution is 2.33. The van der Waals surface area contributed by atoms with Crippen LogP contribution in [0.1, 0.15) is 32.4 Å². The molecule has 0 fully saturated rings. The van der Waals surface area contributed by atoms with Gasteiger partial charge in [0.1, 0.15) is 12.4 Å². The van der Waals surface area contributed by atoms with E-state index in [4.69, 9.17) is 26.4 Å². The van der Waals surface area contributed by atoms with E-state index in [-0.39, 0.29) is 12.0 Å². The molecule has 0 saturated carbocycles. The van der Waals surface area contributed by atoms with Crippen molar-refractivity contribution in [1.29, 1.82) is 0 Å². The minimum atomic E-state index is -0.426. The van der Waals surface area contributed by atoms with Crippen LogP contribution >= 0.6 is 12.2 Å². The fraction of sp³-hybridized carbons (Fsp3) is 0.429. The van der Waals surface area contributed by atoms with Crippen LogP contribution < -0.4 is 10.1 Å².